The van der Waals surface area contributed by atoms with E-state index < -0.39 is 77.2 Å². The molecule has 3 aliphatic rings. The number of hydrogen-bond acceptors (Lipinski definition) is 14. The van der Waals surface area contributed by atoms with Crippen LogP contribution in [0.1, 0.15) is 19.8 Å². The fraction of sp³-hybridized carbons (Fsp3) is 0.895. The van der Waals surface area contributed by atoms with Gasteiger partial charge >= 0.3 is 10.4 Å². The molecule has 2 heterocycles. The molecule has 3 rings (SSSR count). The molecule has 212 valence electrons. The Morgan fingerprint density at radius 1 is 1.08 bits per heavy atom. The van der Waals surface area contributed by atoms with Crippen LogP contribution in [0.15, 0.2) is 11.8 Å². The van der Waals surface area contributed by atoms with E-state index in [-0.39, 0.29) is 13.2 Å². The second kappa shape index (κ2) is 12.7. The molecule has 1 saturated carbocycles. The molecule has 1 unspecified atom stereocenters. The monoisotopic (exact) mass is 545 g/mol. The average molecular weight is 546 g/mol. The molecule has 0 aromatic rings. The summed E-state index contributed by atoms with van der Waals surface area (Å²) < 4.78 is 54.6. The van der Waals surface area contributed by atoms with E-state index in [0.717, 1.165) is 0 Å². The number of nitrogens with one attached hydrogen (secondary N) is 1. The van der Waals surface area contributed by atoms with Gasteiger partial charge < -0.3 is 62.5 Å². The predicted octanol–water partition coefficient (Wildman–Crippen LogP) is -4.50. The van der Waals surface area contributed by atoms with E-state index in [0.29, 0.717) is 18.6 Å². The van der Waals surface area contributed by atoms with E-state index in [4.69, 9.17) is 59.4 Å². The first-order valence-corrected chi connectivity index (χ1v) is 12.7. The number of aliphatic hydroxyl groups excluding tert-OH is 2. The Bertz CT molecular complexity index is 840. The minimum Gasteiger partial charge on any atom is -0.467 e. The van der Waals surface area contributed by atoms with Crippen LogP contribution in [-0.2, 0) is 29.3 Å². The van der Waals surface area contributed by atoms with E-state index in [2.05, 4.69) is 5.32 Å². The lowest BCUT2D eigenvalue weighted by molar-refractivity contribution is -0.303. The third kappa shape index (κ3) is 8.23. The predicted molar refractivity (Wildman–Crippen MR) is 124 cm³/mol. The van der Waals surface area contributed by atoms with Crippen molar-refractivity contribution in [3.8, 4) is 0 Å². The summed E-state index contributed by atoms with van der Waals surface area (Å²) in [5.41, 5.74) is 22.9. The molecular formula is C19H39N5O11S. The lowest BCUT2D eigenvalue weighted by atomic mass is 9.84. The van der Waals surface area contributed by atoms with Gasteiger partial charge in [0.2, 0.25) is 6.29 Å². The van der Waals surface area contributed by atoms with Crippen molar-refractivity contribution >= 4 is 10.4 Å². The highest BCUT2D eigenvalue weighted by Crippen LogP contribution is 2.31. The minimum atomic E-state index is -4.67. The van der Waals surface area contributed by atoms with Crippen molar-refractivity contribution in [1.29, 1.82) is 0 Å². The van der Waals surface area contributed by atoms with Gasteiger partial charge in [0.05, 0.1) is 25.2 Å². The standard InChI is InChI=1S/C19H37N5O7.H2O4S/c1-19(27)7-28-18(13(26)16(19)24-2)31-15-11(23)5-10(22)14(12(15)25)30-17-9(21)4-3-8(6-20)29-17;1-5(2,3)4/h3,9-18,24-27H,4-7,20-23H2,1-2H3;(H2,1,2,3,4)/t9-,10+,11-,12+,13?,14-,15+,16-,17-,18-,19+;/m1./s1. The fourth-order valence-electron chi connectivity index (χ4n) is 4.44. The topological polar surface area (TPSA) is 288 Å². The highest BCUT2D eigenvalue weighted by atomic mass is 32.3. The SMILES string of the molecule is CN[C@@H]1C(O)[C@@H](O[C@@H]2[C@@H](O)[C@H](O[C@H]3OC(CN)=CC[C@H]3N)[C@@H](N)C[C@H]2N)OC[C@]1(C)O.O=S(=O)(O)O. The molecule has 2 fully saturated rings. The van der Waals surface area contributed by atoms with Crippen LogP contribution in [0.4, 0.5) is 0 Å². The Labute approximate surface area is 209 Å². The van der Waals surface area contributed by atoms with Crippen molar-refractivity contribution in [2.75, 3.05) is 20.2 Å². The first kappa shape index (κ1) is 31.2. The Hall–Kier alpha value is -1.03. The van der Waals surface area contributed by atoms with Crippen molar-refractivity contribution in [2.24, 2.45) is 22.9 Å². The first-order valence-electron chi connectivity index (χ1n) is 11.3. The molecule has 0 aromatic carbocycles. The van der Waals surface area contributed by atoms with Crippen LogP contribution in [-0.4, -0.2) is 120 Å². The smallest absolute Gasteiger partial charge is 0.394 e. The number of rotatable bonds is 6. The summed E-state index contributed by atoms with van der Waals surface area (Å²) in [5, 5.41) is 34.9. The molecule has 1 saturated heterocycles. The van der Waals surface area contributed by atoms with Crippen LogP contribution < -0.4 is 28.3 Å². The normalized spacial score (nSPS) is 43.6. The number of nitrogens with two attached hydrogens (primary N) is 4. The van der Waals surface area contributed by atoms with Gasteiger partial charge in [0.1, 0.15) is 35.8 Å². The van der Waals surface area contributed by atoms with Gasteiger partial charge in [0, 0.05) is 12.1 Å². The molecule has 0 bridgehead atoms. The van der Waals surface area contributed by atoms with Crippen molar-refractivity contribution < 1.29 is 51.8 Å². The van der Waals surface area contributed by atoms with Gasteiger partial charge in [0.15, 0.2) is 6.29 Å². The van der Waals surface area contributed by atoms with E-state index in [9.17, 15) is 15.3 Å². The summed E-state index contributed by atoms with van der Waals surface area (Å²) >= 11 is 0. The number of hydrogen-bond donors (Lipinski definition) is 10. The molecule has 1 aliphatic carbocycles. The van der Waals surface area contributed by atoms with Gasteiger partial charge in [-0.15, -0.1) is 0 Å². The quantitative estimate of drug-likeness (QED) is 0.141. The van der Waals surface area contributed by atoms with Crippen LogP contribution in [0.5, 0.6) is 0 Å². The van der Waals surface area contributed by atoms with Crippen molar-refractivity contribution in [3.05, 3.63) is 11.8 Å². The van der Waals surface area contributed by atoms with Crippen LogP contribution in [0.3, 0.4) is 0 Å². The maximum atomic E-state index is 11.0. The van der Waals surface area contributed by atoms with Gasteiger partial charge in [-0.3, -0.25) is 9.11 Å². The highest BCUT2D eigenvalue weighted by molar-refractivity contribution is 7.79. The lowest BCUT2D eigenvalue weighted by Crippen LogP contribution is -2.68. The van der Waals surface area contributed by atoms with Crippen LogP contribution in [0.25, 0.3) is 0 Å². The summed E-state index contributed by atoms with van der Waals surface area (Å²) in [4.78, 5) is 0. The second-order valence-electron chi connectivity index (χ2n) is 9.26. The molecular weight excluding hydrogens is 506 g/mol. The molecule has 0 radical (unpaired) electrons. The van der Waals surface area contributed by atoms with E-state index >= 15 is 0 Å². The Balaban J connectivity index is 0.000000830. The van der Waals surface area contributed by atoms with Crippen molar-refractivity contribution in [1.82, 2.24) is 5.32 Å². The van der Waals surface area contributed by atoms with Crippen LogP contribution >= 0.6 is 0 Å². The number of ether oxygens (including phenoxy) is 4. The summed E-state index contributed by atoms with van der Waals surface area (Å²) in [6.45, 7) is 1.68. The first-order chi connectivity index (χ1) is 16.6. The summed E-state index contributed by atoms with van der Waals surface area (Å²) in [6, 6.07) is -2.37. The van der Waals surface area contributed by atoms with E-state index in [1.54, 1.807) is 20.0 Å². The molecule has 11 atom stereocenters. The summed E-state index contributed by atoms with van der Waals surface area (Å²) in [6.07, 6.45) is -3.56. The maximum absolute atomic E-state index is 11.0. The molecule has 14 N–H and O–H groups in total. The zero-order valence-corrected chi connectivity index (χ0v) is 20.9. The molecule has 17 heteroatoms. The third-order valence-electron chi connectivity index (χ3n) is 6.22. The molecule has 0 aromatic heterocycles. The summed E-state index contributed by atoms with van der Waals surface area (Å²) in [7, 11) is -3.05. The van der Waals surface area contributed by atoms with Crippen LogP contribution in [0.2, 0.25) is 0 Å². The third-order valence-corrected chi connectivity index (χ3v) is 6.22. The fourth-order valence-corrected chi connectivity index (χ4v) is 4.44. The molecule has 0 amide bonds. The van der Waals surface area contributed by atoms with Gasteiger partial charge in [-0.25, -0.2) is 0 Å². The maximum Gasteiger partial charge on any atom is 0.394 e. The Morgan fingerprint density at radius 3 is 2.11 bits per heavy atom. The van der Waals surface area contributed by atoms with Crippen molar-refractivity contribution in [2.45, 2.75) is 86.5 Å². The summed E-state index contributed by atoms with van der Waals surface area (Å²) in [5.74, 6) is 0.555. The number of likely N-dealkylation sites (N-methyl/N-ethyl adjacent to an activating group) is 1. The molecule has 36 heavy (non-hydrogen) atoms. The lowest BCUT2D eigenvalue weighted by Gasteiger charge is -2.48. The molecule has 16 nitrogen and oxygen atoms in total. The molecule has 0 spiro atoms. The average Bonchev–Trinajstić information content (AvgIpc) is 2.75. The zero-order valence-electron chi connectivity index (χ0n) is 20.1. The van der Waals surface area contributed by atoms with Gasteiger partial charge in [-0.1, -0.05) is 0 Å². The van der Waals surface area contributed by atoms with Crippen LogP contribution in [0, 0.1) is 0 Å². The van der Waals surface area contributed by atoms with E-state index in [1.165, 1.54) is 0 Å². The van der Waals surface area contributed by atoms with Crippen molar-refractivity contribution in [3.63, 3.8) is 0 Å². The van der Waals surface area contributed by atoms with E-state index in [1.807, 2.05) is 0 Å². The largest absolute Gasteiger partial charge is 0.467 e. The van der Waals surface area contributed by atoms with Gasteiger partial charge in [-0.2, -0.15) is 8.42 Å². The van der Waals surface area contributed by atoms with Gasteiger partial charge in [0.25, 0.3) is 0 Å². The Morgan fingerprint density at radius 2 is 1.61 bits per heavy atom. The minimum absolute atomic E-state index is 0.0727. The number of aliphatic hydroxyl groups is 3. The highest BCUT2D eigenvalue weighted by Gasteiger charge is 2.50. The molecule has 2 aliphatic heterocycles. The second-order valence-corrected chi connectivity index (χ2v) is 10.2. The zero-order chi connectivity index (χ0) is 27.4. The van der Waals surface area contributed by atoms with Gasteiger partial charge in [-0.05, 0) is 32.9 Å². The Kier molecular flexibility index (Phi) is 11.0.